The Morgan fingerprint density at radius 1 is 1.38 bits per heavy atom. The molecule has 1 saturated heterocycles. The van der Waals surface area contributed by atoms with Gasteiger partial charge in [0.25, 0.3) is 5.91 Å². The van der Waals surface area contributed by atoms with Gasteiger partial charge in [0.1, 0.15) is 0 Å². The van der Waals surface area contributed by atoms with E-state index in [0.29, 0.717) is 6.04 Å². The Morgan fingerprint density at radius 3 is 3.05 bits per heavy atom. The Morgan fingerprint density at radius 2 is 2.24 bits per heavy atom. The van der Waals surface area contributed by atoms with Gasteiger partial charge in [0.05, 0.1) is 0 Å². The number of carbonyl (C=O) groups is 1. The maximum atomic E-state index is 12.9. The van der Waals surface area contributed by atoms with Gasteiger partial charge in [-0.3, -0.25) is 4.79 Å². The molecule has 0 aromatic heterocycles. The van der Waals surface area contributed by atoms with Crippen molar-refractivity contribution in [1.29, 1.82) is 0 Å². The molecule has 1 unspecified atom stereocenters. The number of hydrogen-bond acceptors (Lipinski definition) is 3. The van der Waals surface area contributed by atoms with Crippen LogP contribution in [0, 0.1) is 0 Å². The van der Waals surface area contributed by atoms with Crippen LogP contribution in [0.25, 0.3) is 0 Å². The highest BCUT2D eigenvalue weighted by Crippen LogP contribution is 2.27. The predicted octanol–water partition coefficient (Wildman–Crippen LogP) is 2.21. The predicted molar refractivity (Wildman–Crippen MR) is 85.9 cm³/mol. The van der Waals surface area contributed by atoms with Crippen LogP contribution in [-0.4, -0.2) is 55.5 Å². The zero-order valence-corrected chi connectivity index (χ0v) is 13.1. The van der Waals surface area contributed by atoms with Crippen LogP contribution in [0.4, 0.5) is 5.69 Å². The SMILES string of the molecule is CN1CCCC(N(C)C(=O)c2cccc3c2CCCN3)C1. The fraction of sp³-hybridized carbons (Fsp3) is 0.588. The number of fused-ring (bicyclic) bond motifs is 1. The van der Waals surface area contributed by atoms with Gasteiger partial charge in [0.2, 0.25) is 0 Å². The minimum Gasteiger partial charge on any atom is -0.385 e. The number of nitrogens with zero attached hydrogens (tertiary/aromatic N) is 2. The summed E-state index contributed by atoms with van der Waals surface area (Å²) in [5.41, 5.74) is 3.22. The number of amides is 1. The Kier molecular flexibility index (Phi) is 4.15. The number of benzene rings is 1. The van der Waals surface area contributed by atoms with Crippen molar-refractivity contribution in [3.8, 4) is 0 Å². The largest absolute Gasteiger partial charge is 0.385 e. The summed E-state index contributed by atoms with van der Waals surface area (Å²) in [5.74, 6) is 0.177. The summed E-state index contributed by atoms with van der Waals surface area (Å²) in [6.07, 6.45) is 4.39. The quantitative estimate of drug-likeness (QED) is 0.906. The van der Waals surface area contributed by atoms with Crippen molar-refractivity contribution in [3.05, 3.63) is 29.3 Å². The molecule has 1 aromatic carbocycles. The first kappa shape index (κ1) is 14.4. The van der Waals surface area contributed by atoms with Gasteiger partial charge < -0.3 is 15.1 Å². The number of hydrogen-bond donors (Lipinski definition) is 1. The van der Waals surface area contributed by atoms with Gasteiger partial charge in [0.15, 0.2) is 0 Å². The first-order valence-electron chi connectivity index (χ1n) is 7.98. The molecule has 4 heteroatoms. The minimum absolute atomic E-state index is 0.177. The summed E-state index contributed by atoms with van der Waals surface area (Å²) >= 11 is 0. The molecule has 1 amide bonds. The second-order valence-electron chi connectivity index (χ2n) is 6.34. The number of rotatable bonds is 2. The van der Waals surface area contributed by atoms with E-state index in [9.17, 15) is 4.79 Å². The van der Waals surface area contributed by atoms with E-state index in [4.69, 9.17) is 0 Å². The highest BCUT2D eigenvalue weighted by atomic mass is 16.2. The zero-order valence-electron chi connectivity index (χ0n) is 13.1. The van der Waals surface area contributed by atoms with Gasteiger partial charge >= 0.3 is 0 Å². The van der Waals surface area contributed by atoms with Crippen molar-refractivity contribution in [2.24, 2.45) is 0 Å². The number of nitrogens with one attached hydrogen (secondary N) is 1. The summed E-state index contributed by atoms with van der Waals surface area (Å²) in [6.45, 7) is 3.13. The summed E-state index contributed by atoms with van der Waals surface area (Å²) < 4.78 is 0. The van der Waals surface area contributed by atoms with E-state index in [1.165, 1.54) is 12.0 Å². The molecule has 0 aliphatic carbocycles. The van der Waals surface area contributed by atoms with Crippen molar-refractivity contribution >= 4 is 11.6 Å². The van der Waals surface area contributed by atoms with Crippen LogP contribution < -0.4 is 5.32 Å². The smallest absolute Gasteiger partial charge is 0.254 e. The second-order valence-corrected chi connectivity index (χ2v) is 6.34. The maximum Gasteiger partial charge on any atom is 0.254 e. The summed E-state index contributed by atoms with van der Waals surface area (Å²) in [6, 6.07) is 6.39. The highest BCUT2D eigenvalue weighted by Gasteiger charge is 2.27. The normalized spacial score (nSPS) is 22.3. The summed E-state index contributed by atoms with van der Waals surface area (Å²) in [5, 5.41) is 3.40. The first-order chi connectivity index (χ1) is 10.2. The number of likely N-dealkylation sites (N-methyl/N-ethyl adjacent to an activating group) is 2. The minimum atomic E-state index is 0.177. The summed E-state index contributed by atoms with van der Waals surface area (Å²) in [4.78, 5) is 17.2. The van der Waals surface area contributed by atoms with Gasteiger partial charge in [-0.15, -0.1) is 0 Å². The lowest BCUT2D eigenvalue weighted by Gasteiger charge is -2.36. The molecule has 2 aliphatic rings. The molecule has 0 saturated carbocycles. The summed E-state index contributed by atoms with van der Waals surface area (Å²) in [7, 11) is 4.10. The van der Waals surface area contributed by atoms with Crippen molar-refractivity contribution in [2.45, 2.75) is 31.7 Å². The van der Waals surface area contributed by atoms with Crippen molar-refractivity contribution < 1.29 is 4.79 Å². The van der Waals surface area contributed by atoms with Crippen molar-refractivity contribution in [1.82, 2.24) is 9.80 Å². The van der Waals surface area contributed by atoms with Gasteiger partial charge in [0, 0.05) is 37.4 Å². The molecule has 2 aliphatic heterocycles. The van der Waals surface area contributed by atoms with Gasteiger partial charge in [-0.1, -0.05) is 6.07 Å². The molecule has 2 heterocycles. The van der Waals surface area contributed by atoms with E-state index in [0.717, 1.165) is 50.1 Å². The zero-order chi connectivity index (χ0) is 14.8. The van der Waals surface area contributed by atoms with Crippen molar-refractivity contribution in [2.75, 3.05) is 39.0 Å². The van der Waals surface area contributed by atoms with E-state index in [1.807, 2.05) is 24.1 Å². The molecular formula is C17H25N3O. The average molecular weight is 287 g/mol. The average Bonchev–Trinajstić information content (AvgIpc) is 2.53. The first-order valence-corrected chi connectivity index (χ1v) is 7.98. The Balaban J connectivity index is 1.81. The Labute approximate surface area is 127 Å². The molecule has 0 radical (unpaired) electrons. The molecule has 1 aromatic rings. The fourth-order valence-corrected chi connectivity index (χ4v) is 3.52. The van der Waals surface area contributed by atoms with Crippen LogP contribution in [0.2, 0.25) is 0 Å². The molecule has 1 N–H and O–H groups in total. The van der Waals surface area contributed by atoms with Crippen LogP contribution in [0.15, 0.2) is 18.2 Å². The third-order valence-corrected chi connectivity index (χ3v) is 4.79. The van der Waals surface area contributed by atoms with E-state index >= 15 is 0 Å². The topological polar surface area (TPSA) is 35.6 Å². The van der Waals surface area contributed by atoms with Gasteiger partial charge in [-0.05, 0) is 57.0 Å². The molecule has 21 heavy (non-hydrogen) atoms. The molecule has 3 rings (SSSR count). The standard InChI is InChI=1S/C17H25N3O/c1-19-11-5-6-13(12-19)20(2)17(21)15-7-3-9-16-14(15)8-4-10-18-16/h3,7,9,13,18H,4-6,8,10-12H2,1-2H3. The lowest BCUT2D eigenvalue weighted by molar-refractivity contribution is 0.0643. The molecule has 1 fully saturated rings. The fourth-order valence-electron chi connectivity index (χ4n) is 3.52. The lowest BCUT2D eigenvalue weighted by Crippen LogP contribution is -2.47. The lowest BCUT2D eigenvalue weighted by atomic mass is 9.96. The third kappa shape index (κ3) is 2.91. The Hall–Kier alpha value is -1.55. The molecule has 1 atom stereocenters. The van der Waals surface area contributed by atoms with E-state index in [-0.39, 0.29) is 5.91 Å². The monoisotopic (exact) mass is 287 g/mol. The van der Waals surface area contributed by atoms with Gasteiger partial charge in [-0.2, -0.15) is 0 Å². The number of carbonyl (C=O) groups excluding carboxylic acids is 1. The van der Waals surface area contributed by atoms with Gasteiger partial charge in [-0.25, -0.2) is 0 Å². The van der Waals surface area contributed by atoms with Crippen LogP contribution in [-0.2, 0) is 6.42 Å². The van der Waals surface area contributed by atoms with E-state index < -0.39 is 0 Å². The van der Waals surface area contributed by atoms with Crippen LogP contribution in [0.3, 0.4) is 0 Å². The number of likely N-dealkylation sites (tertiary alicyclic amines) is 1. The van der Waals surface area contributed by atoms with Crippen molar-refractivity contribution in [3.63, 3.8) is 0 Å². The van der Waals surface area contributed by atoms with Crippen LogP contribution in [0.5, 0.6) is 0 Å². The molecule has 4 nitrogen and oxygen atoms in total. The molecular weight excluding hydrogens is 262 g/mol. The molecule has 0 bridgehead atoms. The van der Waals surface area contributed by atoms with E-state index in [1.54, 1.807) is 0 Å². The third-order valence-electron chi connectivity index (χ3n) is 4.79. The molecule has 0 spiro atoms. The van der Waals surface area contributed by atoms with Crippen LogP contribution in [0.1, 0.15) is 35.2 Å². The molecule has 114 valence electrons. The second kappa shape index (κ2) is 6.06. The maximum absolute atomic E-state index is 12.9. The number of anilines is 1. The van der Waals surface area contributed by atoms with E-state index in [2.05, 4.69) is 23.3 Å². The number of piperidine rings is 1. The highest BCUT2D eigenvalue weighted by molar-refractivity contribution is 5.97. The van der Waals surface area contributed by atoms with Crippen LogP contribution >= 0.6 is 0 Å². The Bertz CT molecular complexity index is 529.